The Morgan fingerprint density at radius 3 is 2.45 bits per heavy atom. The van der Waals surface area contributed by atoms with Crippen molar-refractivity contribution in [2.75, 3.05) is 19.0 Å². The number of rotatable bonds is 11. The Labute approximate surface area is 258 Å². The van der Waals surface area contributed by atoms with E-state index in [1.165, 1.54) is 16.5 Å². The largest absolute Gasteiger partial charge is 0.497 e. The van der Waals surface area contributed by atoms with E-state index in [1.807, 2.05) is 66.9 Å². The molecule has 3 aromatic heterocycles. The van der Waals surface area contributed by atoms with Gasteiger partial charge >= 0.3 is 0 Å². The second-order valence-electron chi connectivity index (χ2n) is 12.4. The summed E-state index contributed by atoms with van der Waals surface area (Å²) in [7, 11) is 0.456. The summed E-state index contributed by atoms with van der Waals surface area (Å²) < 4.78 is 14.6. The normalized spacial score (nSPS) is 13.7. The highest BCUT2D eigenvalue weighted by atomic mass is 28.3. The number of H-pyrrole nitrogens is 1. The molecule has 0 aliphatic heterocycles. The van der Waals surface area contributed by atoms with Gasteiger partial charge in [-0.15, -0.1) is 0 Å². The van der Waals surface area contributed by atoms with Gasteiger partial charge in [0.05, 0.1) is 12.7 Å². The van der Waals surface area contributed by atoms with E-state index in [-0.39, 0.29) is 5.56 Å². The molecule has 9 nitrogen and oxygen atoms in total. The summed E-state index contributed by atoms with van der Waals surface area (Å²) in [6.07, 6.45) is 8.39. The number of anilines is 2. The van der Waals surface area contributed by atoms with Crippen LogP contribution in [0.5, 0.6) is 5.75 Å². The first-order chi connectivity index (χ1) is 21.3. The summed E-state index contributed by atoms with van der Waals surface area (Å²) >= 11 is 0. The van der Waals surface area contributed by atoms with Crippen molar-refractivity contribution in [3.05, 3.63) is 88.9 Å². The Balaban J connectivity index is 1.46. The van der Waals surface area contributed by atoms with E-state index in [4.69, 9.17) is 19.7 Å². The van der Waals surface area contributed by atoms with Gasteiger partial charge in [-0.05, 0) is 55.0 Å². The number of methoxy groups -OCH3 is 1. The second-order valence-corrected chi connectivity index (χ2v) is 18.1. The van der Waals surface area contributed by atoms with Gasteiger partial charge in [0.25, 0.3) is 5.56 Å². The topological polar surface area (TPSA) is 98.5 Å². The van der Waals surface area contributed by atoms with Crippen molar-refractivity contribution in [1.82, 2.24) is 24.4 Å². The monoisotopic (exact) mass is 608 g/mol. The maximum Gasteiger partial charge on any atom is 0.284 e. The van der Waals surface area contributed by atoms with Gasteiger partial charge in [-0.1, -0.05) is 68.2 Å². The molecule has 0 bridgehead atoms. The minimum atomic E-state index is -1.17. The van der Waals surface area contributed by atoms with Gasteiger partial charge in [0, 0.05) is 38.1 Å². The molecule has 0 unspecified atom stereocenters. The third-order valence-electron chi connectivity index (χ3n) is 7.94. The molecule has 0 saturated carbocycles. The van der Waals surface area contributed by atoms with E-state index in [2.05, 4.69) is 36.0 Å². The Hall–Kier alpha value is -4.41. The number of ether oxygens (including phenoxy) is 2. The van der Waals surface area contributed by atoms with Crippen LogP contribution in [0.4, 0.5) is 11.6 Å². The molecule has 0 amide bonds. The maximum atomic E-state index is 14.4. The van der Waals surface area contributed by atoms with Crippen molar-refractivity contribution in [1.29, 1.82) is 0 Å². The highest BCUT2D eigenvalue weighted by Gasteiger charge is 2.25. The Morgan fingerprint density at radius 2 is 1.75 bits per heavy atom. The molecule has 5 aromatic rings. The summed E-state index contributed by atoms with van der Waals surface area (Å²) in [5, 5.41) is 13.0. The van der Waals surface area contributed by atoms with Crippen LogP contribution < -0.4 is 15.6 Å². The van der Waals surface area contributed by atoms with Gasteiger partial charge in [-0.2, -0.15) is 14.7 Å². The van der Waals surface area contributed by atoms with E-state index in [1.54, 1.807) is 11.8 Å². The zero-order valence-electron chi connectivity index (χ0n) is 25.9. The lowest BCUT2D eigenvalue weighted by atomic mass is 9.92. The third-order valence-corrected chi connectivity index (χ3v) is 9.64. The molecule has 6 rings (SSSR count). The first-order valence-electron chi connectivity index (χ1n) is 15.3. The maximum absolute atomic E-state index is 14.4. The summed E-state index contributed by atoms with van der Waals surface area (Å²) in [6, 6.07) is 20.5. The van der Waals surface area contributed by atoms with E-state index in [9.17, 15) is 4.79 Å². The summed E-state index contributed by atoms with van der Waals surface area (Å²) in [5.41, 5.74) is 5.59. The molecule has 3 heterocycles. The van der Waals surface area contributed by atoms with Crippen LogP contribution in [0.25, 0.3) is 33.6 Å². The predicted molar refractivity (Wildman–Crippen MR) is 179 cm³/mol. The van der Waals surface area contributed by atoms with E-state index in [0.717, 1.165) is 47.7 Å². The summed E-state index contributed by atoms with van der Waals surface area (Å²) in [6.45, 7) is 8.10. The zero-order valence-corrected chi connectivity index (χ0v) is 26.9. The molecule has 0 saturated heterocycles. The van der Waals surface area contributed by atoms with Gasteiger partial charge < -0.3 is 19.8 Å². The first-order valence-corrected chi connectivity index (χ1v) is 19.0. The first kappa shape index (κ1) is 29.6. The molecular weight excluding hydrogens is 568 g/mol. The molecule has 0 atom stereocenters. The van der Waals surface area contributed by atoms with Crippen LogP contribution in [0.2, 0.25) is 25.7 Å². The zero-order chi connectivity index (χ0) is 30.7. The lowest BCUT2D eigenvalue weighted by Gasteiger charge is -2.15. The van der Waals surface area contributed by atoms with Crippen LogP contribution in [0.1, 0.15) is 31.2 Å². The van der Waals surface area contributed by atoms with Gasteiger partial charge in [-0.3, -0.25) is 4.79 Å². The van der Waals surface area contributed by atoms with Crippen LogP contribution in [0.15, 0.2) is 77.7 Å². The molecule has 1 aliphatic rings. The summed E-state index contributed by atoms with van der Waals surface area (Å²) in [4.78, 5) is 18.0. The minimum Gasteiger partial charge on any atom is -0.497 e. The third kappa shape index (κ3) is 6.41. The highest BCUT2D eigenvalue weighted by Crippen LogP contribution is 2.37. The molecule has 2 aromatic carbocycles. The number of fused-ring (bicyclic) bond motifs is 1. The molecule has 10 heteroatoms. The number of allylic oxidation sites excluding steroid dienone is 2. The fourth-order valence-corrected chi connectivity index (χ4v) is 6.28. The van der Waals surface area contributed by atoms with Crippen molar-refractivity contribution in [3.8, 4) is 28.1 Å². The standard InChI is InChI=1S/C34H40N6O3Si/c1-42-27-17-15-25(16-18-27)30-32(35-28-19-20-39(37-28)23-43-21-22-44(2,3)4)36-33-29(24-11-7-5-8-12-24)31(38-40(33)34(30)41)26-13-9-6-10-14-26/h6,9-11,13-20,36H,5,7-8,12,21-23H2,1-4H3,(H,35,37). The van der Waals surface area contributed by atoms with Crippen molar-refractivity contribution in [2.45, 2.75) is 58.1 Å². The molecule has 2 N–H and O–H groups in total. The number of nitrogens with one attached hydrogen (secondary N) is 2. The van der Waals surface area contributed by atoms with Crippen LogP contribution in [-0.2, 0) is 11.5 Å². The molecule has 0 radical (unpaired) electrons. The quantitative estimate of drug-likeness (QED) is 0.119. The molecular formula is C34H40N6O3Si. The number of aromatic amines is 1. The van der Waals surface area contributed by atoms with Crippen LogP contribution in [0, 0.1) is 0 Å². The Kier molecular flexibility index (Phi) is 8.54. The van der Waals surface area contributed by atoms with Crippen molar-refractivity contribution >= 4 is 30.9 Å². The van der Waals surface area contributed by atoms with Crippen LogP contribution >= 0.6 is 0 Å². The number of aromatic nitrogens is 5. The lowest BCUT2D eigenvalue weighted by molar-refractivity contribution is 0.0788. The summed E-state index contributed by atoms with van der Waals surface area (Å²) in [5.74, 6) is 1.87. The molecule has 0 fully saturated rings. The second kappa shape index (κ2) is 12.7. The van der Waals surface area contributed by atoms with Crippen molar-refractivity contribution in [2.24, 2.45) is 0 Å². The Morgan fingerprint density at radius 1 is 0.955 bits per heavy atom. The van der Waals surface area contributed by atoms with Gasteiger partial charge in [0.15, 0.2) is 5.82 Å². The molecule has 228 valence electrons. The fraction of sp³-hybridized carbons (Fsp3) is 0.324. The highest BCUT2D eigenvalue weighted by molar-refractivity contribution is 6.76. The van der Waals surface area contributed by atoms with Crippen molar-refractivity contribution < 1.29 is 9.47 Å². The molecule has 0 spiro atoms. The van der Waals surface area contributed by atoms with Crippen LogP contribution in [-0.4, -0.2) is 46.2 Å². The van der Waals surface area contributed by atoms with E-state index < -0.39 is 8.07 Å². The van der Waals surface area contributed by atoms with E-state index in [0.29, 0.717) is 41.9 Å². The van der Waals surface area contributed by atoms with Gasteiger partial charge in [-0.25, -0.2) is 4.68 Å². The number of benzene rings is 2. The SMILES string of the molecule is COc1ccc(-c2c(Nc3ccn(COCC[Si](C)(C)C)n3)[nH]c3c(C4=CCCCC4)c(-c4ccccc4)nn3c2=O)cc1. The predicted octanol–water partition coefficient (Wildman–Crippen LogP) is 7.58. The molecule has 1 aliphatic carbocycles. The lowest BCUT2D eigenvalue weighted by Crippen LogP contribution is -2.22. The number of nitrogens with zero attached hydrogens (tertiary/aromatic N) is 4. The average molecular weight is 609 g/mol. The van der Waals surface area contributed by atoms with Crippen LogP contribution in [0.3, 0.4) is 0 Å². The van der Waals surface area contributed by atoms with Gasteiger partial charge in [0.2, 0.25) is 0 Å². The van der Waals surface area contributed by atoms with Crippen molar-refractivity contribution in [3.63, 3.8) is 0 Å². The molecule has 44 heavy (non-hydrogen) atoms. The number of hydrogen-bond donors (Lipinski definition) is 2. The minimum absolute atomic E-state index is 0.222. The van der Waals surface area contributed by atoms with E-state index >= 15 is 0 Å². The Bertz CT molecular complexity index is 1830. The van der Waals surface area contributed by atoms with Gasteiger partial charge in [0.1, 0.15) is 29.6 Å². The average Bonchev–Trinajstić information content (AvgIpc) is 3.65. The smallest absolute Gasteiger partial charge is 0.284 e. The number of hydrogen-bond acceptors (Lipinski definition) is 6. The fourth-order valence-electron chi connectivity index (χ4n) is 5.53.